The maximum Gasteiger partial charge on any atom is 0.433 e. The number of halogens is 4. The van der Waals surface area contributed by atoms with Gasteiger partial charge in [0.25, 0.3) is 5.91 Å². The zero-order valence-electron chi connectivity index (χ0n) is 19.1. The molecule has 186 valence electrons. The summed E-state index contributed by atoms with van der Waals surface area (Å²) in [5, 5.41) is 6.48. The quantitative estimate of drug-likeness (QED) is 0.346. The molecule has 4 aromatic rings. The number of carbonyl (C=O) groups is 1. The minimum atomic E-state index is -4.63. The van der Waals surface area contributed by atoms with E-state index in [-0.39, 0.29) is 34.6 Å². The zero-order chi connectivity index (χ0) is 25.3. The van der Waals surface area contributed by atoms with E-state index in [1.54, 1.807) is 24.7 Å². The van der Waals surface area contributed by atoms with E-state index in [4.69, 9.17) is 0 Å². The molecule has 0 unspecified atom stereocenters. The lowest BCUT2D eigenvalue weighted by molar-refractivity contribution is -0.140. The van der Waals surface area contributed by atoms with E-state index in [0.29, 0.717) is 18.4 Å². The third-order valence-electron chi connectivity index (χ3n) is 6.36. The predicted molar refractivity (Wildman–Crippen MR) is 127 cm³/mol. The van der Waals surface area contributed by atoms with Crippen molar-refractivity contribution < 1.29 is 22.4 Å². The molecule has 2 aromatic heterocycles. The smallest absolute Gasteiger partial charge is 0.382 e. The van der Waals surface area contributed by atoms with Crippen LogP contribution in [-0.4, -0.2) is 32.5 Å². The second kappa shape index (κ2) is 9.60. The van der Waals surface area contributed by atoms with Gasteiger partial charge in [0.05, 0.1) is 11.8 Å². The van der Waals surface area contributed by atoms with Crippen LogP contribution in [0.3, 0.4) is 0 Å². The molecule has 0 aliphatic heterocycles. The zero-order valence-corrected chi connectivity index (χ0v) is 19.1. The molecule has 10 heteroatoms. The van der Waals surface area contributed by atoms with Crippen molar-refractivity contribution in [3.05, 3.63) is 84.3 Å². The highest BCUT2D eigenvalue weighted by Gasteiger charge is 2.34. The first-order valence-electron chi connectivity index (χ1n) is 11.6. The topological polar surface area (TPSA) is 71.8 Å². The van der Waals surface area contributed by atoms with Crippen molar-refractivity contribution in [1.82, 2.24) is 19.9 Å². The maximum atomic E-state index is 13.9. The Morgan fingerprint density at radius 2 is 1.81 bits per heavy atom. The molecule has 2 atom stereocenters. The minimum Gasteiger partial charge on any atom is -0.382 e. The van der Waals surface area contributed by atoms with E-state index in [0.717, 1.165) is 30.7 Å². The molecular weight excluding hydrogens is 474 g/mol. The van der Waals surface area contributed by atoms with Crippen LogP contribution in [0.5, 0.6) is 0 Å². The lowest BCUT2D eigenvalue weighted by Gasteiger charge is -2.31. The second-order valence-electron chi connectivity index (χ2n) is 8.91. The van der Waals surface area contributed by atoms with Gasteiger partial charge in [-0.15, -0.1) is 0 Å². The Hall–Kier alpha value is -3.95. The fraction of sp³-hybridized carbons (Fsp3) is 0.269. The van der Waals surface area contributed by atoms with Gasteiger partial charge in [-0.05, 0) is 74.2 Å². The van der Waals surface area contributed by atoms with E-state index < -0.39 is 17.7 Å². The van der Waals surface area contributed by atoms with Gasteiger partial charge >= 0.3 is 6.18 Å². The number of nitrogens with zero attached hydrogens (tertiary/aromatic N) is 3. The van der Waals surface area contributed by atoms with Crippen LogP contribution in [0.15, 0.2) is 67.3 Å². The number of aromatic nitrogens is 3. The van der Waals surface area contributed by atoms with Crippen LogP contribution in [0.1, 0.15) is 41.7 Å². The summed E-state index contributed by atoms with van der Waals surface area (Å²) in [6.45, 7) is 0. The lowest BCUT2D eigenvalue weighted by Crippen LogP contribution is -2.41. The van der Waals surface area contributed by atoms with Crippen molar-refractivity contribution in [3.63, 3.8) is 0 Å². The molecule has 2 heterocycles. The Balaban J connectivity index is 1.29. The van der Waals surface area contributed by atoms with E-state index in [2.05, 4.69) is 20.6 Å². The monoisotopic (exact) mass is 497 g/mol. The molecule has 0 saturated heterocycles. The van der Waals surface area contributed by atoms with Crippen LogP contribution in [0.4, 0.5) is 23.2 Å². The van der Waals surface area contributed by atoms with Gasteiger partial charge in [0.2, 0.25) is 0 Å². The van der Waals surface area contributed by atoms with Gasteiger partial charge in [-0.2, -0.15) is 13.2 Å². The summed E-state index contributed by atoms with van der Waals surface area (Å²) in [5.74, 6) is -0.770. The van der Waals surface area contributed by atoms with Crippen LogP contribution in [0.2, 0.25) is 0 Å². The van der Waals surface area contributed by atoms with Gasteiger partial charge < -0.3 is 15.2 Å². The fourth-order valence-electron chi connectivity index (χ4n) is 4.60. The highest BCUT2D eigenvalue weighted by Crippen LogP contribution is 2.34. The highest BCUT2D eigenvalue weighted by atomic mass is 19.4. The number of hydrogen-bond acceptors (Lipinski definition) is 4. The summed E-state index contributed by atoms with van der Waals surface area (Å²) in [6, 6.07) is 11.2. The number of fused-ring (bicyclic) bond motifs is 1. The van der Waals surface area contributed by atoms with Gasteiger partial charge in [-0.25, -0.2) is 14.4 Å². The molecule has 1 fully saturated rings. The van der Waals surface area contributed by atoms with Crippen molar-refractivity contribution >= 4 is 22.5 Å². The molecule has 1 aliphatic rings. The summed E-state index contributed by atoms with van der Waals surface area (Å²) < 4.78 is 55.9. The lowest BCUT2D eigenvalue weighted by atomic mass is 9.90. The number of alkyl halides is 3. The van der Waals surface area contributed by atoms with Crippen molar-refractivity contribution in [2.24, 2.45) is 0 Å². The number of carbonyl (C=O) groups excluding carboxylic acids is 1. The first kappa shape index (κ1) is 23.8. The number of imidazole rings is 1. The predicted octanol–water partition coefficient (Wildman–Crippen LogP) is 5.73. The molecule has 0 bridgehead atoms. The van der Waals surface area contributed by atoms with Crippen LogP contribution in [0.25, 0.3) is 16.6 Å². The molecule has 1 saturated carbocycles. The summed E-state index contributed by atoms with van der Waals surface area (Å²) in [5.41, 5.74) is 0.598. The Labute approximate surface area is 204 Å². The molecular formula is C26H23F4N5O. The fourth-order valence-corrected chi connectivity index (χ4v) is 4.60. The van der Waals surface area contributed by atoms with Gasteiger partial charge in [0, 0.05) is 46.8 Å². The standard InChI is InChI=1S/C26H23F4N5O/c27-17-6-9-22-21(12-17)23(14-24(34-22)26(28,29)30)32-18-2-1-3-19(13-18)33-25(36)16-4-7-20(8-5-16)35-11-10-31-15-35/h4-12,14-15,18-19H,1-3,13H2,(H,32,34)(H,33,36)/t18-,19+/m0/s1. The summed E-state index contributed by atoms with van der Waals surface area (Å²) >= 11 is 0. The third-order valence-corrected chi connectivity index (χ3v) is 6.36. The van der Waals surface area contributed by atoms with Crippen LogP contribution in [0, 0.1) is 5.82 Å². The first-order chi connectivity index (χ1) is 17.3. The number of amides is 1. The Morgan fingerprint density at radius 3 is 2.53 bits per heavy atom. The molecule has 0 radical (unpaired) electrons. The molecule has 1 aliphatic carbocycles. The Kier molecular flexibility index (Phi) is 6.34. The molecule has 36 heavy (non-hydrogen) atoms. The first-order valence-corrected chi connectivity index (χ1v) is 11.6. The van der Waals surface area contributed by atoms with Crippen molar-refractivity contribution in [3.8, 4) is 5.69 Å². The number of benzene rings is 2. The average Bonchev–Trinajstić information content (AvgIpc) is 3.39. The van der Waals surface area contributed by atoms with E-state index in [9.17, 15) is 22.4 Å². The average molecular weight is 497 g/mol. The molecule has 0 spiro atoms. The van der Waals surface area contributed by atoms with E-state index in [1.807, 2.05) is 22.9 Å². The molecule has 1 amide bonds. The van der Waals surface area contributed by atoms with Crippen molar-refractivity contribution in [2.45, 2.75) is 43.9 Å². The largest absolute Gasteiger partial charge is 0.433 e. The van der Waals surface area contributed by atoms with Crippen LogP contribution >= 0.6 is 0 Å². The third kappa shape index (κ3) is 5.17. The van der Waals surface area contributed by atoms with Gasteiger partial charge in [-0.3, -0.25) is 4.79 Å². The van der Waals surface area contributed by atoms with Gasteiger partial charge in [0.1, 0.15) is 11.5 Å². The molecule has 5 rings (SSSR count). The van der Waals surface area contributed by atoms with Crippen LogP contribution in [-0.2, 0) is 6.18 Å². The molecule has 2 aromatic carbocycles. The number of anilines is 1. The van der Waals surface area contributed by atoms with Gasteiger partial charge in [0.15, 0.2) is 0 Å². The Morgan fingerprint density at radius 1 is 1.03 bits per heavy atom. The minimum absolute atomic E-state index is 0.0635. The van der Waals surface area contributed by atoms with Crippen LogP contribution < -0.4 is 10.6 Å². The van der Waals surface area contributed by atoms with Gasteiger partial charge in [-0.1, -0.05) is 0 Å². The highest BCUT2D eigenvalue weighted by molar-refractivity contribution is 5.94. The van der Waals surface area contributed by atoms with Crippen molar-refractivity contribution in [2.75, 3.05) is 5.32 Å². The molecule has 2 N–H and O–H groups in total. The number of pyridine rings is 1. The molecule has 6 nitrogen and oxygen atoms in total. The SMILES string of the molecule is O=C(N[C@@H]1CCC[C@H](Nc2cc(C(F)(F)F)nc3ccc(F)cc23)C1)c1ccc(-n2ccnc2)cc1. The summed E-state index contributed by atoms with van der Waals surface area (Å²) in [6.07, 6.45) is 3.30. The van der Waals surface area contributed by atoms with E-state index in [1.165, 1.54) is 12.1 Å². The number of rotatable bonds is 5. The normalized spacial score (nSPS) is 18.2. The summed E-state index contributed by atoms with van der Waals surface area (Å²) in [4.78, 5) is 20.5. The second-order valence-corrected chi connectivity index (χ2v) is 8.91. The van der Waals surface area contributed by atoms with E-state index >= 15 is 0 Å². The Bertz CT molecular complexity index is 1370. The summed E-state index contributed by atoms with van der Waals surface area (Å²) in [7, 11) is 0. The number of nitrogens with one attached hydrogen (secondary N) is 2. The number of hydrogen-bond donors (Lipinski definition) is 2. The maximum absolute atomic E-state index is 13.9. The van der Waals surface area contributed by atoms with Crippen molar-refractivity contribution in [1.29, 1.82) is 0 Å².